The van der Waals surface area contributed by atoms with Crippen molar-refractivity contribution >= 4 is 5.78 Å². The predicted molar refractivity (Wildman–Crippen MR) is 80.4 cm³/mol. The summed E-state index contributed by atoms with van der Waals surface area (Å²) in [4.78, 5) is 16.8. The summed E-state index contributed by atoms with van der Waals surface area (Å²) >= 11 is 0. The molecule has 1 heterocycles. The Bertz CT molecular complexity index is 505. The highest BCUT2D eigenvalue weighted by Gasteiger charge is 2.27. The number of halogens is 1. The van der Waals surface area contributed by atoms with Gasteiger partial charge in [-0.2, -0.15) is 0 Å². The number of likely N-dealkylation sites (tertiary alicyclic amines) is 1. The molecule has 0 spiro atoms. The first-order valence-electron chi connectivity index (χ1n) is 7.26. The number of rotatable bonds is 6. The van der Waals surface area contributed by atoms with E-state index in [1.54, 1.807) is 0 Å². The van der Waals surface area contributed by atoms with E-state index in [4.69, 9.17) is 4.74 Å². The summed E-state index contributed by atoms with van der Waals surface area (Å²) in [5.41, 5.74) is 0.327. The van der Waals surface area contributed by atoms with E-state index in [1.807, 2.05) is 14.1 Å². The molecule has 0 bridgehead atoms. The van der Waals surface area contributed by atoms with Crippen LogP contribution in [0.3, 0.4) is 0 Å². The van der Waals surface area contributed by atoms with Gasteiger partial charge in [-0.05, 0) is 51.7 Å². The van der Waals surface area contributed by atoms with E-state index in [0.717, 1.165) is 25.9 Å². The maximum Gasteiger partial charge on any atom is 0.180 e. The summed E-state index contributed by atoms with van der Waals surface area (Å²) in [5.74, 6) is -0.0628. The predicted octanol–water partition coefficient (Wildman–Crippen LogP) is 2.04. The minimum Gasteiger partial charge on any atom is -0.496 e. The summed E-state index contributed by atoms with van der Waals surface area (Å²) in [6, 6.07) is 4.46. The largest absolute Gasteiger partial charge is 0.496 e. The SMILES string of the molecule is COc1ccc(F)cc1C(=O)CN1CCCC1CN(C)C. The topological polar surface area (TPSA) is 32.8 Å². The van der Waals surface area contributed by atoms with Gasteiger partial charge in [0.05, 0.1) is 19.2 Å². The molecule has 0 radical (unpaired) electrons. The van der Waals surface area contributed by atoms with E-state index in [2.05, 4.69) is 9.80 Å². The molecular formula is C16H23FN2O2. The number of benzene rings is 1. The molecule has 1 saturated heterocycles. The first-order chi connectivity index (χ1) is 10.0. The number of methoxy groups -OCH3 is 1. The van der Waals surface area contributed by atoms with E-state index in [1.165, 1.54) is 25.3 Å². The highest BCUT2D eigenvalue weighted by molar-refractivity contribution is 6.00. The van der Waals surface area contributed by atoms with E-state index in [0.29, 0.717) is 23.9 Å². The molecule has 1 aromatic carbocycles. The zero-order valence-corrected chi connectivity index (χ0v) is 12.9. The zero-order chi connectivity index (χ0) is 15.4. The lowest BCUT2D eigenvalue weighted by Gasteiger charge is -2.26. The lowest BCUT2D eigenvalue weighted by Crippen LogP contribution is -2.40. The normalized spacial score (nSPS) is 19.2. The maximum absolute atomic E-state index is 13.4. The Labute approximate surface area is 125 Å². The number of Topliss-reactive ketones (excluding diaryl/α,β-unsaturated/α-hetero) is 1. The van der Waals surface area contributed by atoms with E-state index in [-0.39, 0.29) is 5.78 Å². The molecule has 0 N–H and O–H groups in total. The first kappa shape index (κ1) is 15.9. The number of carbonyl (C=O) groups is 1. The summed E-state index contributed by atoms with van der Waals surface area (Å²) in [7, 11) is 5.57. The summed E-state index contributed by atoms with van der Waals surface area (Å²) in [6.07, 6.45) is 2.21. The molecule has 1 aliphatic rings. The summed E-state index contributed by atoms with van der Waals surface area (Å²) in [5, 5.41) is 0. The van der Waals surface area contributed by atoms with Crippen LogP contribution in [0.2, 0.25) is 0 Å². The molecule has 0 amide bonds. The van der Waals surface area contributed by atoms with Crippen molar-refractivity contribution in [1.82, 2.24) is 9.80 Å². The number of ether oxygens (including phenoxy) is 1. The number of hydrogen-bond donors (Lipinski definition) is 0. The van der Waals surface area contributed by atoms with E-state index >= 15 is 0 Å². The van der Waals surface area contributed by atoms with Crippen molar-refractivity contribution in [3.05, 3.63) is 29.6 Å². The molecule has 4 nitrogen and oxygen atoms in total. The second kappa shape index (κ2) is 7.00. The molecular weight excluding hydrogens is 271 g/mol. The van der Waals surface area contributed by atoms with Crippen molar-refractivity contribution in [3.63, 3.8) is 0 Å². The highest BCUT2D eigenvalue weighted by atomic mass is 19.1. The minimum atomic E-state index is -0.412. The molecule has 0 saturated carbocycles. The Morgan fingerprint density at radius 1 is 1.48 bits per heavy atom. The van der Waals surface area contributed by atoms with Gasteiger partial charge in [0.1, 0.15) is 11.6 Å². The Hall–Kier alpha value is -1.46. The van der Waals surface area contributed by atoms with Crippen molar-refractivity contribution in [2.24, 2.45) is 0 Å². The molecule has 1 fully saturated rings. The third kappa shape index (κ3) is 4.02. The van der Waals surface area contributed by atoms with Gasteiger partial charge in [0.2, 0.25) is 0 Å². The standard InChI is InChI=1S/C16H23FN2O2/c1-18(2)10-13-5-4-8-19(13)11-15(20)14-9-12(17)6-7-16(14)21-3/h6-7,9,13H,4-5,8,10-11H2,1-3H3. The Morgan fingerprint density at radius 2 is 2.24 bits per heavy atom. The number of hydrogen-bond acceptors (Lipinski definition) is 4. The highest BCUT2D eigenvalue weighted by Crippen LogP contribution is 2.23. The molecule has 0 aliphatic carbocycles. The van der Waals surface area contributed by atoms with Crippen molar-refractivity contribution in [2.45, 2.75) is 18.9 Å². The molecule has 5 heteroatoms. The van der Waals surface area contributed by atoms with Crippen molar-refractivity contribution in [1.29, 1.82) is 0 Å². The van der Waals surface area contributed by atoms with Gasteiger partial charge in [-0.25, -0.2) is 4.39 Å². The lowest BCUT2D eigenvalue weighted by atomic mass is 10.1. The third-order valence-corrected chi connectivity index (χ3v) is 3.88. The molecule has 2 rings (SSSR count). The van der Waals surface area contributed by atoms with Gasteiger partial charge in [-0.15, -0.1) is 0 Å². The Balaban J connectivity index is 2.09. The van der Waals surface area contributed by atoms with Gasteiger partial charge >= 0.3 is 0 Å². The molecule has 1 aliphatic heterocycles. The molecule has 1 atom stereocenters. The molecule has 21 heavy (non-hydrogen) atoms. The van der Waals surface area contributed by atoms with Crippen LogP contribution in [-0.2, 0) is 0 Å². The van der Waals surface area contributed by atoms with Gasteiger partial charge < -0.3 is 9.64 Å². The van der Waals surface area contributed by atoms with Crippen LogP contribution in [0.1, 0.15) is 23.2 Å². The zero-order valence-electron chi connectivity index (χ0n) is 12.9. The minimum absolute atomic E-state index is 0.0861. The van der Waals surface area contributed by atoms with Crippen molar-refractivity contribution in [2.75, 3.05) is 40.8 Å². The lowest BCUT2D eigenvalue weighted by molar-refractivity contribution is 0.0907. The van der Waals surface area contributed by atoms with Crippen LogP contribution in [0.25, 0.3) is 0 Å². The average Bonchev–Trinajstić information content (AvgIpc) is 2.85. The number of carbonyl (C=O) groups excluding carboxylic acids is 1. The van der Waals surface area contributed by atoms with Gasteiger partial charge in [-0.1, -0.05) is 0 Å². The second-order valence-corrected chi connectivity index (χ2v) is 5.80. The smallest absolute Gasteiger partial charge is 0.180 e. The van der Waals surface area contributed by atoms with Crippen LogP contribution in [0.5, 0.6) is 5.75 Å². The van der Waals surface area contributed by atoms with Crippen LogP contribution >= 0.6 is 0 Å². The number of likely N-dealkylation sites (N-methyl/N-ethyl adjacent to an activating group) is 1. The first-order valence-corrected chi connectivity index (χ1v) is 7.26. The monoisotopic (exact) mass is 294 g/mol. The van der Waals surface area contributed by atoms with Gasteiger partial charge in [0, 0.05) is 12.6 Å². The van der Waals surface area contributed by atoms with Crippen LogP contribution in [-0.4, -0.2) is 62.5 Å². The summed E-state index contributed by atoms with van der Waals surface area (Å²) in [6.45, 7) is 2.17. The average molecular weight is 294 g/mol. The number of ketones is 1. The van der Waals surface area contributed by atoms with Gasteiger partial charge in [0.25, 0.3) is 0 Å². The maximum atomic E-state index is 13.4. The van der Waals surface area contributed by atoms with Crippen LogP contribution in [0, 0.1) is 5.82 Å². The summed E-state index contributed by atoms with van der Waals surface area (Å²) < 4.78 is 18.5. The Morgan fingerprint density at radius 3 is 2.90 bits per heavy atom. The fraction of sp³-hybridized carbons (Fsp3) is 0.562. The van der Waals surface area contributed by atoms with Crippen LogP contribution in [0.15, 0.2) is 18.2 Å². The van der Waals surface area contributed by atoms with Crippen molar-refractivity contribution in [3.8, 4) is 5.75 Å². The quantitative estimate of drug-likeness (QED) is 0.752. The van der Waals surface area contributed by atoms with Crippen molar-refractivity contribution < 1.29 is 13.9 Å². The molecule has 1 unspecified atom stereocenters. The van der Waals surface area contributed by atoms with E-state index < -0.39 is 5.82 Å². The van der Waals surface area contributed by atoms with Gasteiger partial charge in [0.15, 0.2) is 5.78 Å². The second-order valence-electron chi connectivity index (χ2n) is 5.80. The fourth-order valence-corrected chi connectivity index (χ4v) is 2.90. The number of nitrogens with zero attached hydrogens (tertiary/aromatic N) is 2. The van der Waals surface area contributed by atoms with Crippen LogP contribution < -0.4 is 4.74 Å². The fourth-order valence-electron chi connectivity index (χ4n) is 2.90. The Kier molecular flexibility index (Phi) is 5.31. The third-order valence-electron chi connectivity index (χ3n) is 3.88. The molecule has 1 aromatic rings. The molecule has 116 valence electrons. The van der Waals surface area contributed by atoms with E-state index in [9.17, 15) is 9.18 Å². The van der Waals surface area contributed by atoms with Gasteiger partial charge in [-0.3, -0.25) is 9.69 Å². The molecule has 0 aromatic heterocycles. The van der Waals surface area contributed by atoms with Crippen LogP contribution in [0.4, 0.5) is 4.39 Å².